The van der Waals surface area contributed by atoms with Gasteiger partial charge >= 0.3 is 0 Å². The normalized spacial score (nSPS) is 18.1. The fraction of sp³-hybridized carbons (Fsp3) is 0.600. The standard InChI is InChI=1S/C10H14IN3O/c1-8(14-7-9(11)6-12-14)10(15)13-4-2-3-5-13/h6-8H,2-5H2,1H3. The second-order valence-corrected chi connectivity index (χ2v) is 5.09. The Balaban J connectivity index is 2.06. The fourth-order valence-corrected chi connectivity index (χ4v) is 2.25. The summed E-state index contributed by atoms with van der Waals surface area (Å²) in [6.45, 7) is 3.72. The molecule has 0 bridgehead atoms. The van der Waals surface area contributed by atoms with E-state index in [1.165, 1.54) is 0 Å². The number of hydrogen-bond acceptors (Lipinski definition) is 2. The Morgan fingerprint density at radius 1 is 1.53 bits per heavy atom. The van der Waals surface area contributed by atoms with Crippen LogP contribution in [0.15, 0.2) is 12.4 Å². The van der Waals surface area contributed by atoms with Crippen LogP contribution in [0.25, 0.3) is 0 Å². The Morgan fingerprint density at radius 3 is 2.73 bits per heavy atom. The van der Waals surface area contributed by atoms with Crippen LogP contribution in [0.1, 0.15) is 25.8 Å². The third-order valence-corrected chi connectivity index (χ3v) is 3.30. The van der Waals surface area contributed by atoms with Crippen molar-refractivity contribution in [1.82, 2.24) is 14.7 Å². The van der Waals surface area contributed by atoms with E-state index in [2.05, 4.69) is 27.7 Å². The number of nitrogens with zero attached hydrogens (tertiary/aromatic N) is 3. The van der Waals surface area contributed by atoms with Crippen molar-refractivity contribution in [2.24, 2.45) is 0 Å². The van der Waals surface area contributed by atoms with Crippen molar-refractivity contribution in [2.75, 3.05) is 13.1 Å². The van der Waals surface area contributed by atoms with Gasteiger partial charge in [0.15, 0.2) is 0 Å². The minimum absolute atomic E-state index is 0.174. The van der Waals surface area contributed by atoms with E-state index in [0.717, 1.165) is 29.5 Å². The van der Waals surface area contributed by atoms with Crippen molar-refractivity contribution in [1.29, 1.82) is 0 Å². The molecule has 1 aromatic rings. The molecule has 1 unspecified atom stereocenters. The van der Waals surface area contributed by atoms with Gasteiger partial charge in [-0.1, -0.05) is 0 Å². The van der Waals surface area contributed by atoms with Gasteiger partial charge in [-0.15, -0.1) is 0 Å². The molecule has 0 aromatic carbocycles. The van der Waals surface area contributed by atoms with Crippen LogP contribution in [-0.4, -0.2) is 33.7 Å². The summed E-state index contributed by atoms with van der Waals surface area (Å²) in [4.78, 5) is 13.9. The largest absolute Gasteiger partial charge is 0.341 e. The van der Waals surface area contributed by atoms with Crippen LogP contribution in [0.2, 0.25) is 0 Å². The van der Waals surface area contributed by atoms with Crippen molar-refractivity contribution in [2.45, 2.75) is 25.8 Å². The lowest BCUT2D eigenvalue weighted by molar-refractivity contribution is -0.133. The van der Waals surface area contributed by atoms with Crippen LogP contribution in [0.4, 0.5) is 0 Å². The molecule has 1 aliphatic rings. The van der Waals surface area contributed by atoms with Crippen LogP contribution in [0, 0.1) is 3.57 Å². The first-order valence-corrected chi connectivity index (χ1v) is 6.25. The monoisotopic (exact) mass is 319 g/mol. The molecule has 5 heteroatoms. The number of halogens is 1. The van der Waals surface area contributed by atoms with Gasteiger partial charge in [-0.2, -0.15) is 5.10 Å². The van der Waals surface area contributed by atoms with Crippen LogP contribution >= 0.6 is 22.6 Å². The zero-order chi connectivity index (χ0) is 10.8. The molecular weight excluding hydrogens is 305 g/mol. The van der Waals surface area contributed by atoms with Crippen LogP contribution in [0.3, 0.4) is 0 Å². The Labute approximate surface area is 103 Å². The molecule has 82 valence electrons. The van der Waals surface area contributed by atoms with Gasteiger partial charge < -0.3 is 4.90 Å². The summed E-state index contributed by atoms with van der Waals surface area (Å²) >= 11 is 2.20. The van der Waals surface area contributed by atoms with Gasteiger partial charge in [0.05, 0.1) is 9.77 Å². The minimum atomic E-state index is -0.174. The topological polar surface area (TPSA) is 38.1 Å². The van der Waals surface area contributed by atoms with Gasteiger partial charge in [-0.25, -0.2) is 0 Å². The summed E-state index contributed by atoms with van der Waals surface area (Å²) in [5, 5.41) is 4.17. The number of likely N-dealkylation sites (tertiary alicyclic amines) is 1. The molecule has 1 atom stereocenters. The predicted octanol–water partition coefficient (Wildman–Crippen LogP) is 1.67. The van der Waals surface area contributed by atoms with Gasteiger partial charge in [0.1, 0.15) is 6.04 Å². The average Bonchev–Trinajstić information content (AvgIpc) is 2.85. The smallest absolute Gasteiger partial charge is 0.247 e. The Bertz CT molecular complexity index is 357. The molecule has 0 spiro atoms. The quantitative estimate of drug-likeness (QED) is 0.778. The lowest BCUT2D eigenvalue weighted by Crippen LogP contribution is -2.34. The van der Waals surface area contributed by atoms with E-state index < -0.39 is 0 Å². The van der Waals surface area contributed by atoms with Gasteiger partial charge in [0, 0.05) is 19.3 Å². The fourth-order valence-electron chi connectivity index (χ4n) is 1.84. The maximum Gasteiger partial charge on any atom is 0.247 e. The molecule has 1 amide bonds. The molecule has 0 N–H and O–H groups in total. The van der Waals surface area contributed by atoms with E-state index >= 15 is 0 Å². The van der Waals surface area contributed by atoms with Gasteiger partial charge in [0.2, 0.25) is 5.91 Å². The maximum atomic E-state index is 12.0. The van der Waals surface area contributed by atoms with E-state index in [0.29, 0.717) is 0 Å². The van der Waals surface area contributed by atoms with E-state index in [4.69, 9.17) is 0 Å². The van der Waals surface area contributed by atoms with Crippen molar-refractivity contribution >= 4 is 28.5 Å². The first-order chi connectivity index (χ1) is 7.18. The molecule has 1 fully saturated rings. The summed E-state index contributed by atoms with van der Waals surface area (Å²) in [6, 6.07) is -0.174. The van der Waals surface area contributed by atoms with E-state index in [-0.39, 0.29) is 11.9 Å². The highest BCUT2D eigenvalue weighted by Gasteiger charge is 2.24. The first kappa shape index (κ1) is 10.9. The lowest BCUT2D eigenvalue weighted by atomic mass is 10.3. The molecule has 4 nitrogen and oxygen atoms in total. The number of aromatic nitrogens is 2. The van der Waals surface area contributed by atoms with E-state index in [1.807, 2.05) is 18.0 Å². The van der Waals surface area contributed by atoms with E-state index in [1.54, 1.807) is 10.9 Å². The Morgan fingerprint density at radius 2 is 2.20 bits per heavy atom. The van der Waals surface area contributed by atoms with Crippen molar-refractivity contribution in [3.05, 3.63) is 16.0 Å². The summed E-state index contributed by atoms with van der Waals surface area (Å²) in [7, 11) is 0. The van der Waals surface area contributed by atoms with Gasteiger partial charge in [0.25, 0.3) is 0 Å². The summed E-state index contributed by atoms with van der Waals surface area (Å²) < 4.78 is 2.80. The number of rotatable bonds is 2. The highest BCUT2D eigenvalue weighted by Crippen LogP contribution is 2.15. The SMILES string of the molecule is CC(C(=O)N1CCCC1)n1cc(I)cn1. The molecule has 1 saturated heterocycles. The third-order valence-electron chi connectivity index (χ3n) is 2.74. The molecule has 0 radical (unpaired) electrons. The number of carbonyl (C=O) groups excluding carboxylic acids is 1. The highest BCUT2D eigenvalue weighted by molar-refractivity contribution is 14.1. The Hall–Kier alpha value is -0.590. The number of hydrogen-bond donors (Lipinski definition) is 0. The van der Waals surface area contributed by atoms with Gasteiger partial charge in [-0.05, 0) is 42.4 Å². The van der Waals surface area contributed by atoms with E-state index in [9.17, 15) is 4.79 Å². The highest BCUT2D eigenvalue weighted by atomic mass is 127. The Kier molecular flexibility index (Phi) is 3.28. The molecule has 1 aromatic heterocycles. The number of amides is 1. The maximum absolute atomic E-state index is 12.0. The molecule has 1 aliphatic heterocycles. The first-order valence-electron chi connectivity index (χ1n) is 5.17. The summed E-state index contributed by atoms with van der Waals surface area (Å²) in [5.74, 6) is 0.187. The third kappa shape index (κ3) is 2.32. The molecule has 2 heterocycles. The zero-order valence-electron chi connectivity index (χ0n) is 8.69. The molecule has 0 aliphatic carbocycles. The molecule has 2 rings (SSSR count). The summed E-state index contributed by atoms with van der Waals surface area (Å²) in [6.07, 6.45) is 5.94. The average molecular weight is 319 g/mol. The van der Waals surface area contributed by atoms with Crippen molar-refractivity contribution < 1.29 is 4.79 Å². The van der Waals surface area contributed by atoms with Crippen molar-refractivity contribution in [3.63, 3.8) is 0 Å². The second-order valence-electron chi connectivity index (χ2n) is 3.85. The number of carbonyl (C=O) groups is 1. The van der Waals surface area contributed by atoms with Crippen LogP contribution < -0.4 is 0 Å². The second kappa shape index (κ2) is 4.51. The van der Waals surface area contributed by atoms with Crippen molar-refractivity contribution in [3.8, 4) is 0 Å². The lowest BCUT2D eigenvalue weighted by Gasteiger charge is -2.20. The molecule has 15 heavy (non-hydrogen) atoms. The van der Waals surface area contributed by atoms with Crippen LogP contribution in [0.5, 0.6) is 0 Å². The van der Waals surface area contributed by atoms with Crippen LogP contribution in [-0.2, 0) is 4.79 Å². The zero-order valence-corrected chi connectivity index (χ0v) is 10.8. The van der Waals surface area contributed by atoms with Gasteiger partial charge in [-0.3, -0.25) is 9.48 Å². The molecule has 0 saturated carbocycles. The summed E-state index contributed by atoms with van der Waals surface area (Å²) in [5.41, 5.74) is 0. The predicted molar refractivity (Wildman–Crippen MR) is 65.5 cm³/mol. The minimum Gasteiger partial charge on any atom is -0.341 e. The molecular formula is C10H14IN3O.